The van der Waals surface area contributed by atoms with E-state index in [9.17, 15) is 19.8 Å². The molecule has 2 aromatic rings. The molecule has 0 bridgehead atoms. The van der Waals surface area contributed by atoms with E-state index in [1.807, 2.05) is 0 Å². The minimum absolute atomic E-state index is 0.0392. The number of amides is 3. The standard InChI is InChI=1S/C16H21N5O5/c1-3-21(9-12(23)10-5-4-6-11(22)7-10)16(25)18-8-13-19-14(20-26-13)15(24)17-2/h4-7,12,22-23H,3,8-9H2,1-2H3,(H,17,24)(H,18,25). The summed E-state index contributed by atoms with van der Waals surface area (Å²) >= 11 is 0. The summed E-state index contributed by atoms with van der Waals surface area (Å²) in [6, 6.07) is 5.78. The first kappa shape index (κ1) is 19.2. The van der Waals surface area contributed by atoms with Crippen molar-refractivity contribution in [2.45, 2.75) is 19.6 Å². The molecule has 0 aliphatic rings. The second-order valence-electron chi connectivity index (χ2n) is 5.40. The van der Waals surface area contributed by atoms with Crippen molar-refractivity contribution in [2.75, 3.05) is 20.1 Å². The smallest absolute Gasteiger partial charge is 0.317 e. The Balaban J connectivity index is 1.91. The van der Waals surface area contributed by atoms with Gasteiger partial charge in [0.1, 0.15) is 5.75 Å². The lowest BCUT2D eigenvalue weighted by molar-refractivity contribution is 0.0949. The number of urea groups is 1. The van der Waals surface area contributed by atoms with Gasteiger partial charge in [-0.15, -0.1) is 0 Å². The van der Waals surface area contributed by atoms with E-state index in [2.05, 4.69) is 20.8 Å². The fraction of sp³-hybridized carbons (Fsp3) is 0.375. The molecule has 140 valence electrons. The first-order valence-electron chi connectivity index (χ1n) is 7.99. The largest absolute Gasteiger partial charge is 0.508 e. The van der Waals surface area contributed by atoms with Crippen LogP contribution in [0, 0.1) is 0 Å². The fourth-order valence-corrected chi connectivity index (χ4v) is 2.20. The zero-order valence-corrected chi connectivity index (χ0v) is 14.5. The van der Waals surface area contributed by atoms with Crippen molar-refractivity contribution < 1.29 is 24.3 Å². The van der Waals surface area contributed by atoms with Crippen LogP contribution in [0.1, 0.15) is 35.1 Å². The summed E-state index contributed by atoms with van der Waals surface area (Å²) in [6.07, 6.45) is -0.948. The highest BCUT2D eigenvalue weighted by Gasteiger charge is 2.19. The molecule has 1 aromatic carbocycles. The van der Waals surface area contributed by atoms with Gasteiger partial charge in [0.05, 0.1) is 19.2 Å². The van der Waals surface area contributed by atoms with Crippen LogP contribution in [0.2, 0.25) is 0 Å². The molecule has 4 N–H and O–H groups in total. The normalized spacial score (nSPS) is 11.7. The van der Waals surface area contributed by atoms with Crippen molar-refractivity contribution in [3.8, 4) is 5.75 Å². The number of phenolic OH excluding ortho intramolecular Hbond substituents is 1. The average molecular weight is 363 g/mol. The van der Waals surface area contributed by atoms with Gasteiger partial charge in [0.2, 0.25) is 5.89 Å². The van der Waals surface area contributed by atoms with E-state index in [1.165, 1.54) is 24.1 Å². The van der Waals surface area contributed by atoms with Crippen LogP contribution in [-0.2, 0) is 6.54 Å². The Morgan fingerprint density at radius 3 is 2.81 bits per heavy atom. The molecule has 10 nitrogen and oxygen atoms in total. The second kappa shape index (κ2) is 8.81. The molecule has 1 heterocycles. The molecule has 0 aliphatic heterocycles. The van der Waals surface area contributed by atoms with E-state index in [4.69, 9.17) is 4.52 Å². The quantitative estimate of drug-likeness (QED) is 0.558. The van der Waals surface area contributed by atoms with E-state index in [1.54, 1.807) is 19.1 Å². The fourth-order valence-electron chi connectivity index (χ4n) is 2.20. The van der Waals surface area contributed by atoms with Gasteiger partial charge in [0.25, 0.3) is 11.7 Å². The van der Waals surface area contributed by atoms with E-state index in [-0.39, 0.29) is 30.6 Å². The molecule has 1 atom stereocenters. The number of nitrogens with one attached hydrogen (secondary N) is 2. The summed E-state index contributed by atoms with van der Waals surface area (Å²) in [5, 5.41) is 28.2. The highest BCUT2D eigenvalue weighted by atomic mass is 16.5. The molecule has 3 amide bonds. The van der Waals surface area contributed by atoms with Gasteiger partial charge in [-0.3, -0.25) is 4.79 Å². The lowest BCUT2D eigenvalue weighted by Crippen LogP contribution is -2.41. The molecule has 0 saturated carbocycles. The van der Waals surface area contributed by atoms with Crippen molar-refractivity contribution in [3.63, 3.8) is 0 Å². The number of carbonyl (C=O) groups is 2. The van der Waals surface area contributed by atoms with Crippen molar-refractivity contribution in [2.24, 2.45) is 0 Å². The number of carbonyl (C=O) groups excluding carboxylic acids is 2. The number of benzene rings is 1. The number of aromatic nitrogens is 2. The van der Waals surface area contributed by atoms with Crippen molar-refractivity contribution in [1.82, 2.24) is 25.7 Å². The third-order valence-corrected chi connectivity index (χ3v) is 3.61. The van der Waals surface area contributed by atoms with Crippen LogP contribution in [0.3, 0.4) is 0 Å². The number of hydrogen-bond donors (Lipinski definition) is 4. The second-order valence-corrected chi connectivity index (χ2v) is 5.40. The van der Waals surface area contributed by atoms with Gasteiger partial charge < -0.3 is 30.3 Å². The molecule has 0 fully saturated rings. The third-order valence-electron chi connectivity index (χ3n) is 3.61. The lowest BCUT2D eigenvalue weighted by atomic mass is 10.1. The number of aliphatic hydroxyl groups is 1. The van der Waals surface area contributed by atoms with Crippen molar-refractivity contribution >= 4 is 11.9 Å². The molecule has 1 aromatic heterocycles. The van der Waals surface area contributed by atoms with Crippen LogP contribution in [0.15, 0.2) is 28.8 Å². The topological polar surface area (TPSA) is 141 Å². The number of aliphatic hydroxyl groups excluding tert-OH is 1. The van der Waals surface area contributed by atoms with E-state index < -0.39 is 18.0 Å². The number of nitrogens with zero attached hydrogens (tertiary/aromatic N) is 3. The molecule has 0 saturated heterocycles. The molecule has 0 aliphatic carbocycles. The van der Waals surface area contributed by atoms with Gasteiger partial charge in [0, 0.05) is 13.6 Å². The molecule has 26 heavy (non-hydrogen) atoms. The summed E-state index contributed by atoms with van der Waals surface area (Å²) in [6.45, 7) is 2.11. The zero-order valence-electron chi connectivity index (χ0n) is 14.5. The molecule has 2 rings (SSSR count). The van der Waals surface area contributed by atoms with Gasteiger partial charge in [-0.25, -0.2) is 4.79 Å². The summed E-state index contributed by atoms with van der Waals surface area (Å²) < 4.78 is 4.88. The van der Waals surface area contributed by atoms with E-state index in [0.717, 1.165) is 0 Å². The first-order valence-corrected chi connectivity index (χ1v) is 7.99. The van der Waals surface area contributed by atoms with E-state index in [0.29, 0.717) is 12.1 Å². The predicted molar refractivity (Wildman–Crippen MR) is 90.2 cm³/mol. The van der Waals surface area contributed by atoms with Crippen LogP contribution in [0.5, 0.6) is 5.75 Å². The zero-order chi connectivity index (χ0) is 19.1. The molecule has 0 radical (unpaired) electrons. The summed E-state index contributed by atoms with van der Waals surface area (Å²) in [5.41, 5.74) is 0.503. The number of aromatic hydroxyl groups is 1. The lowest BCUT2D eigenvalue weighted by Gasteiger charge is -2.24. The third kappa shape index (κ3) is 4.93. The molecular weight excluding hydrogens is 342 g/mol. The minimum atomic E-state index is -0.948. The Morgan fingerprint density at radius 2 is 2.15 bits per heavy atom. The maximum absolute atomic E-state index is 12.3. The van der Waals surface area contributed by atoms with Gasteiger partial charge in [0.15, 0.2) is 0 Å². The maximum Gasteiger partial charge on any atom is 0.317 e. The minimum Gasteiger partial charge on any atom is -0.508 e. The number of rotatable bonds is 7. The Labute approximate surface area is 149 Å². The first-order chi connectivity index (χ1) is 12.4. The van der Waals surface area contributed by atoms with Crippen LogP contribution in [0.4, 0.5) is 4.79 Å². The van der Waals surface area contributed by atoms with Crippen LogP contribution in [-0.4, -0.2) is 57.3 Å². The Bertz CT molecular complexity index is 763. The average Bonchev–Trinajstić information content (AvgIpc) is 3.12. The van der Waals surface area contributed by atoms with Gasteiger partial charge >= 0.3 is 6.03 Å². The van der Waals surface area contributed by atoms with E-state index >= 15 is 0 Å². The highest BCUT2D eigenvalue weighted by molar-refractivity contribution is 5.89. The van der Waals surface area contributed by atoms with Gasteiger partial charge in [-0.2, -0.15) is 4.98 Å². The van der Waals surface area contributed by atoms with Crippen molar-refractivity contribution in [1.29, 1.82) is 0 Å². The highest BCUT2D eigenvalue weighted by Crippen LogP contribution is 2.19. The van der Waals surface area contributed by atoms with Crippen LogP contribution in [0.25, 0.3) is 0 Å². The SMILES string of the molecule is CCN(CC(O)c1cccc(O)c1)C(=O)NCc1nc(C(=O)NC)no1. The Morgan fingerprint density at radius 1 is 1.38 bits per heavy atom. The Kier molecular flexibility index (Phi) is 6.50. The van der Waals surface area contributed by atoms with Crippen LogP contribution < -0.4 is 10.6 Å². The Hall–Kier alpha value is -3.14. The molecule has 1 unspecified atom stereocenters. The number of likely N-dealkylation sites (N-methyl/N-ethyl adjacent to an activating group) is 1. The van der Waals surface area contributed by atoms with Crippen LogP contribution >= 0.6 is 0 Å². The number of phenols is 1. The molecule has 0 spiro atoms. The maximum atomic E-state index is 12.3. The predicted octanol–water partition coefficient (Wildman–Crippen LogP) is 0.400. The monoisotopic (exact) mass is 363 g/mol. The van der Waals surface area contributed by atoms with Crippen molar-refractivity contribution in [3.05, 3.63) is 41.5 Å². The number of hydrogen-bond acceptors (Lipinski definition) is 7. The molecular formula is C16H21N5O5. The van der Waals surface area contributed by atoms with Gasteiger partial charge in [-0.1, -0.05) is 17.3 Å². The summed E-state index contributed by atoms with van der Waals surface area (Å²) in [7, 11) is 1.44. The van der Waals surface area contributed by atoms with Gasteiger partial charge in [-0.05, 0) is 24.6 Å². The summed E-state index contributed by atoms with van der Waals surface area (Å²) in [4.78, 5) is 28.9. The molecule has 10 heteroatoms. The summed E-state index contributed by atoms with van der Waals surface area (Å²) in [5.74, 6) is -0.488.